The highest BCUT2D eigenvalue weighted by Crippen LogP contribution is 2.22. The average molecular weight is 581 g/mol. The molecular formula is C38H40N6. The summed E-state index contributed by atoms with van der Waals surface area (Å²) in [5, 5.41) is 0. The lowest BCUT2D eigenvalue weighted by atomic mass is 10.0. The molecule has 0 fully saturated rings. The second kappa shape index (κ2) is 15.4. The van der Waals surface area contributed by atoms with Crippen LogP contribution >= 0.6 is 0 Å². The van der Waals surface area contributed by atoms with Crippen LogP contribution in [-0.4, -0.2) is 29.9 Å². The standard InChI is InChI=1S/2C13H14N2.C12H12N2/c1-9-4-5-12(8-10(9)2)13-11(3)14-6-7-15-13;1-3-11-5-4-6-12(9-11)13-10(2)14-7-8-15-13;1-9-4-3-5-11(8-9)12-10(2)13-6-7-14-12/h4-8H,1-3H3;4-9H,3H2,1-2H3;3-8H,1-2H3. The first-order valence-corrected chi connectivity index (χ1v) is 14.8. The van der Waals surface area contributed by atoms with E-state index in [0.29, 0.717) is 0 Å². The van der Waals surface area contributed by atoms with Gasteiger partial charge in [0.2, 0.25) is 0 Å². The molecule has 0 amide bonds. The zero-order chi connectivity index (χ0) is 31.5. The summed E-state index contributed by atoms with van der Waals surface area (Å²) < 4.78 is 0. The second-order valence-corrected chi connectivity index (χ2v) is 10.7. The Morgan fingerprint density at radius 3 is 1.34 bits per heavy atom. The minimum absolute atomic E-state index is 0.969. The van der Waals surface area contributed by atoms with Crippen LogP contribution in [-0.2, 0) is 6.42 Å². The Labute approximate surface area is 261 Å². The summed E-state index contributed by atoms with van der Waals surface area (Å²) in [6, 6.07) is 23.1. The molecule has 222 valence electrons. The summed E-state index contributed by atoms with van der Waals surface area (Å²) in [4.78, 5) is 25.8. The van der Waals surface area contributed by atoms with E-state index in [1.54, 1.807) is 37.2 Å². The fourth-order valence-corrected chi connectivity index (χ4v) is 4.69. The van der Waals surface area contributed by atoms with Crippen molar-refractivity contribution in [3.8, 4) is 33.8 Å². The number of rotatable bonds is 4. The molecule has 3 aromatic carbocycles. The van der Waals surface area contributed by atoms with Gasteiger partial charge in [-0.1, -0.05) is 61.0 Å². The molecule has 0 bridgehead atoms. The van der Waals surface area contributed by atoms with E-state index >= 15 is 0 Å². The monoisotopic (exact) mass is 580 g/mol. The molecule has 6 rings (SSSR count). The van der Waals surface area contributed by atoms with Crippen molar-refractivity contribution in [1.82, 2.24) is 29.9 Å². The van der Waals surface area contributed by atoms with Gasteiger partial charge in [0.05, 0.1) is 34.2 Å². The molecule has 0 saturated heterocycles. The molecule has 0 unspecified atom stereocenters. The van der Waals surface area contributed by atoms with E-state index in [1.165, 1.54) is 22.3 Å². The van der Waals surface area contributed by atoms with E-state index in [4.69, 9.17) is 0 Å². The Hall–Kier alpha value is -5.10. The van der Waals surface area contributed by atoms with Gasteiger partial charge in [-0.25, -0.2) is 0 Å². The minimum Gasteiger partial charge on any atom is -0.258 e. The van der Waals surface area contributed by atoms with Crippen LogP contribution in [0.15, 0.2) is 104 Å². The highest BCUT2D eigenvalue weighted by Gasteiger charge is 2.06. The Morgan fingerprint density at radius 2 is 0.886 bits per heavy atom. The Balaban J connectivity index is 0.000000151. The van der Waals surface area contributed by atoms with E-state index in [-0.39, 0.29) is 0 Å². The van der Waals surface area contributed by atoms with Crippen LogP contribution in [0, 0.1) is 41.5 Å². The zero-order valence-electron chi connectivity index (χ0n) is 26.7. The highest BCUT2D eigenvalue weighted by atomic mass is 14.8. The van der Waals surface area contributed by atoms with Crippen molar-refractivity contribution < 1.29 is 0 Å². The van der Waals surface area contributed by atoms with Gasteiger partial charge in [-0.05, 0) is 82.9 Å². The van der Waals surface area contributed by atoms with Gasteiger partial charge in [0, 0.05) is 53.9 Å². The number of nitrogens with zero attached hydrogens (tertiary/aromatic N) is 6. The molecule has 44 heavy (non-hydrogen) atoms. The molecule has 0 aliphatic carbocycles. The van der Waals surface area contributed by atoms with Gasteiger partial charge in [0.1, 0.15) is 0 Å². The smallest absolute Gasteiger partial charge is 0.0914 e. The van der Waals surface area contributed by atoms with Gasteiger partial charge >= 0.3 is 0 Å². The Morgan fingerprint density at radius 1 is 0.432 bits per heavy atom. The summed E-state index contributed by atoms with van der Waals surface area (Å²) in [6.45, 7) is 14.4. The maximum absolute atomic E-state index is 4.36. The van der Waals surface area contributed by atoms with Gasteiger partial charge in [0.15, 0.2) is 0 Å². The summed E-state index contributed by atoms with van der Waals surface area (Å²) in [7, 11) is 0. The number of aromatic nitrogens is 6. The normalized spacial score (nSPS) is 10.2. The third kappa shape index (κ3) is 8.48. The van der Waals surface area contributed by atoms with Crippen LogP contribution in [0.3, 0.4) is 0 Å². The molecule has 0 saturated carbocycles. The lowest BCUT2D eigenvalue weighted by molar-refractivity contribution is 1.11. The van der Waals surface area contributed by atoms with Crippen LogP contribution in [0.2, 0.25) is 0 Å². The van der Waals surface area contributed by atoms with Crippen LogP contribution in [0.5, 0.6) is 0 Å². The predicted molar refractivity (Wildman–Crippen MR) is 180 cm³/mol. The Bertz CT molecular complexity index is 1830. The second-order valence-electron chi connectivity index (χ2n) is 10.7. The summed E-state index contributed by atoms with van der Waals surface area (Å²) >= 11 is 0. The van der Waals surface area contributed by atoms with E-state index < -0.39 is 0 Å². The summed E-state index contributed by atoms with van der Waals surface area (Å²) in [5.41, 5.74) is 14.4. The summed E-state index contributed by atoms with van der Waals surface area (Å²) in [6.07, 6.45) is 11.4. The predicted octanol–water partition coefficient (Wildman–Crippen LogP) is 8.84. The molecule has 3 heterocycles. The maximum Gasteiger partial charge on any atom is 0.0914 e. The molecule has 6 nitrogen and oxygen atoms in total. The van der Waals surface area contributed by atoms with Crippen LogP contribution in [0.25, 0.3) is 33.8 Å². The third-order valence-corrected chi connectivity index (χ3v) is 7.32. The molecule has 0 aliphatic rings. The van der Waals surface area contributed by atoms with Gasteiger partial charge < -0.3 is 0 Å². The van der Waals surface area contributed by atoms with Gasteiger partial charge in [-0.3, -0.25) is 29.9 Å². The number of hydrogen-bond donors (Lipinski definition) is 0. The first-order chi connectivity index (χ1) is 21.3. The topological polar surface area (TPSA) is 77.3 Å². The average Bonchev–Trinajstić information content (AvgIpc) is 3.04. The zero-order valence-corrected chi connectivity index (χ0v) is 26.7. The molecule has 6 heteroatoms. The van der Waals surface area contributed by atoms with Crippen LogP contribution in [0.4, 0.5) is 0 Å². The quantitative estimate of drug-likeness (QED) is 0.207. The lowest BCUT2D eigenvalue weighted by Gasteiger charge is -2.06. The van der Waals surface area contributed by atoms with Crippen LogP contribution < -0.4 is 0 Å². The molecule has 0 radical (unpaired) electrons. The van der Waals surface area contributed by atoms with Gasteiger partial charge in [0.25, 0.3) is 0 Å². The third-order valence-electron chi connectivity index (χ3n) is 7.32. The van der Waals surface area contributed by atoms with Crippen LogP contribution in [0.1, 0.15) is 46.3 Å². The molecule has 6 aromatic rings. The van der Waals surface area contributed by atoms with Crippen molar-refractivity contribution in [3.63, 3.8) is 0 Å². The van der Waals surface area contributed by atoms with E-state index in [2.05, 4.69) is 118 Å². The minimum atomic E-state index is 0.969. The maximum atomic E-state index is 4.36. The number of hydrogen-bond acceptors (Lipinski definition) is 6. The van der Waals surface area contributed by atoms with Crippen molar-refractivity contribution in [1.29, 1.82) is 0 Å². The Kier molecular flexibility index (Phi) is 11.1. The largest absolute Gasteiger partial charge is 0.258 e. The van der Waals surface area contributed by atoms with Crippen molar-refractivity contribution in [2.24, 2.45) is 0 Å². The number of benzene rings is 3. The molecule has 3 aromatic heterocycles. The molecular weight excluding hydrogens is 540 g/mol. The fraction of sp³-hybridized carbons (Fsp3) is 0.211. The van der Waals surface area contributed by atoms with Crippen molar-refractivity contribution in [2.45, 2.75) is 54.9 Å². The summed E-state index contributed by atoms with van der Waals surface area (Å²) in [5.74, 6) is 0. The van der Waals surface area contributed by atoms with Crippen molar-refractivity contribution in [3.05, 3.63) is 143 Å². The van der Waals surface area contributed by atoms with Crippen molar-refractivity contribution in [2.75, 3.05) is 0 Å². The first-order valence-electron chi connectivity index (χ1n) is 14.8. The molecule has 0 aliphatic heterocycles. The van der Waals surface area contributed by atoms with E-state index in [0.717, 1.165) is 57.3 Å². The highest BCUT2D eigenvalue weighted by molar-refractivity contribution is 5.63. The van der Waals surface area contributed by atoms with Gasteiger partial charge in [-0.15, -0.1) is 0 Å². The first kappa shape index (κ1) is 31.8. The fourth-order valence-electron chi connectivity index (χ4n) is 4.69. The van der Waals surface area contributed by atoms with Crippen molar-refractivity contribution >= 4 is 0 Å². The molecule has 0 N–H and O–H groups in total. The molecule has 0 spiro atoms. The molecule has 0 atom stereocenters. The van der Waals surface area contributed by atoms with Gasteiger partial charge in [-0.2, -0.15) is 0 Å². The number of aryl methyl sites for hydroxylation is 7. The van der Waals surface area contributed by atoms with E-state index in [9.17, 15) is 0 Å². The van der Waals surface area contributed by atoms with E-state index in [1.807, 2.05) is 26.8 Å². The lowest BCUT2D eigenvalue weighted by Crippen LogP contribution is -1.91. The SMILES string of the molecule is CCc1cccc(-c2nccnc2C)c1.Cc1ccc(-c2nccnc2C)cc1C.Cc1cccc(-c2nccnc2C)c1.